The molecule has 0 atom stereocenters. The molecule has 0 spiro atoms. The Kier molecular flexibility index (Phi) is 4.72. The standard InChI is InChI=1S/C10H4N8S2/c11-1-7(13-3-9-17-15-5-19-9)8(2-12)14-4-10-18-16-6-20-10/h3-6H/b8-7+,13-3?,14-4?. The molecule has 0 N–H and O–H groups in total. The van der Waals surface area contributed by atoms with E-state index in [1.165, 1.54) is 46.1 Å². The van der Waals surface area contributed by atoms with E-state index in [0.717, 1.165) is 0 Å². The van der Waals surface area contributed by atoms with Gasteiger partial charge in [-0.25, -0.2) is 9.98 Å². The number of nitrogens with zero attached hydrogens (tertiary/aromatic N) is 8. The minimum absolute atomic E-state index is 0.108. The number of aromatic nitrogens is 4. The molecule has 96 valence electrons. The Morgan fingerprint density at radius 1 is 0.950 bits per heavy atom. The number of aliphatic imine (C=N–C) groups is 2. The van der Waals surface area contributed by atoms with Gasteiger partial charge in [0.2, 0.25) is 0 Å². The minimum Gasteiger partial charge on any atom is -0.239 e. The van der Waals surface area contributed by atoms with E-state index in [0.29, 0.717) is 10.0 Å². The highest BCUT2D eigenvalue weighted by Gasteiger charge is 2.03. The number of rotatable bonds is 4. The van der Waals surface area contributed by atoms with E-state index in [-0.39, 0.29) is 11.4 Å². The summed E-state index contributed by atoms with van der Waals surface area (Å²) in [6.07, 6.45) is 2.71. The lowest BCUT2D eigenvalue weighted by molar-refractivity contribution is 1.08. The van der Waals surface area contributed by atoms with Crippen LogP contribution in [-0.2, 0) is 0 Å². The Bertz CT molecular complexity index is 663. The van der Waals surface area contributed by atoms with Gasteiger partial charge in [0, 0.05) is 0 Å². The van der Waals surface area contributed by atoms with Gasteiger partial charge in [0.1, 0.15) is 23.2 Å². The molecule has 0 aliphatic rings. The molecule has 0 bridgehead atoms. The van der Waals surface area contributed by atoms with Crippen LogP contribution in [0.1, 0.15) is 10.0 Å². The first kappa shape index (κ1) is 13.6. The van der Waals surface area contributed by atoms with Crippen LogP contribution in [0.2, 0.25) is 0 Å². The molecule has 0 aromatic carbocycles. The van der Waals surface area contributed by atoms with Crippen LogP contribution in [0.5, 0.6) is 0 Å². The SMILES string of the molecule is N#C/C(N=Cc1nncs1)=C(/C#N)N=Cc1nncs1. The molecule has 20 heavy (non-hydrogen) atoms. The fraction of sp³-hybridized carbons (Fsp3) is 0. The van der Waals surface area contributed by atoms with Crippen LogP contribution in [-0.4, -0.2) is 32.8 Å². The molecule has 2 aromatic rings. The second kappa shape index (κ2) is 6.94. The van der Waals surface area contributed by atoms with Gasteiger partial charge in [-0.3, -0.25) is 0 Å². The van der Waals surface area contributed by atoms with E-state index in [1.54, 1.807) is 0 Å². The first-order valence-electron chi connectivity index (χ1n) is 4.98. The Morgan fingerprint density at radius 2 is 1.40 bits per heavy atom. The zero-order valence-electron chi connectivity index (χ0n) is 9.70. The molecule has 0 amide bonds. The molecule has 0 radical (unpaired) electrons. The van der Waals surface area contributed by atoms with Crippen LogP contribution in [0.25, 0.3) is 0 Å². The quantitative estimate of drug-likeness (QED) is 0.617. The van der Waals surface area contributed by atoms with Gasteiger partial charge in [0.05, 0.1) is 12.4 Å². The molecule has 8 nitrogen and oxygen atoms in total. The molecule has 0 aliphatic carbocycles. The number of nitriles is 2. The number of hydrogen-bond acceptors (Lipinski definition) is 10. The van der Waals surface area contributed by atoms with Gasteiger partial charge in [-0.05, 0) is 0 Å². The van der Waals surface area contributed by atoms with Gasteiger partial charge < -0.3 is 0 Å². The lowest BCUT2D eigenvalue weighted by Crippen LogP contribution is -1.87. The van der Waals surface area contributed by atoms with Gasteiger partial charge in [0.25, 0.3) is 0 Å². The number of allylic oxidation sites excluding steroid dienone is 2. The summed E-state index contributed by atoms with van der Waals surface area (Å²) in [6.45, 7) is 0. The zero-order valence-corrected chi connectivity index (χ0v) is 11.3. The summed E-state index contributed by atoms with van der Waals surface area (Å²) in [5, 5.41) is 33.8. The summed E-state index contributed by atoms with van der Waals surface area (Å²) in [5.41, 5.74) is 2.86. The van der Waals surface area contributed by atoms with Crippen LogP contribution in [0, 0.1) is 22.7 Å². The summed E-state index contributed by atoms with van der Waals surface area (Å²) in [7, 11) is 0. The molecular formula is C10H4N8S2. The van der Waals surface area contributed by atoms with Crippen molar-refractivity contribution in [1.29, 1.82) is 10.5 Å². The lowest BCUT2D eigenvalue weighted by Gasteiger charge is -1.90. The molecule has 0 saturated heterocycles. The van der Waals surface area contributed by atoms with Crippen LogP contribution < -0.4 is 0 Å². The smallest absolute Gasteiger partial charge is 0.177 e. The van der Waals surface area contributed by atoms with Crippen molar-refractivity contribution in [3.05, 3.63) is 32.4 Å². The van der Waals surface area contributed by atoms with E-state index in [4.69, 9.17) is 10.5 Å². The monoisotopic (exact) mass is 300 g/mol. The van der Waals surface area contributed by atoms with Crippen molar-refractivity contribution in [3.63, 3.8) is 0 Å². The zero-order chi connectivity index (χ0) is 14.2. The predicted molar refractivity (Wildman–Crippen MR) is 73.3 cm³/mol. The molecular weight excluding hydrogens is 296 g/mol. The maximum absolute atomic E-state index is 9.01. The molecule has 10 heteroatoms. The summed E-state index contributed by atoms with van der Waals surface area (Å²) >= 11 is 2.53. The van der Waals surface area contributed by atoms with Gasteiger partial charge >= 0.3 is 0 Å². The lowest BCUT2D eigenvalue weighted by atomic mass is 10.4. The van der Waals surface area contributed by atoms with E-state index in [2.05, 4.69) is 30.4 Å². The molecule has 0 aliphatic heterocycles. The van der Waals surface area contributed by atoms with E-state index >= 15 is 0 Å². The molecule has 0 fully saturated rings. The van der Waals surface area contributed by atoms with Crippen LogP contribution in [0.3, 0.4) is 0 Å². The van der Waals surface area contributed by atoms with Crippen molar-refractivity contribution in [1.82, 2.24) is 20.4 Å². The van der Waals surface area contributed by atoms with Gasteiger partial charge in [0.15, 0.2) is 21.4 Å². The first-order chi connectivity index (χ1) is 9.83. The maximum Gasteiger partial charge on any atom is 0.177 e. The van der Waals surface area contributed by atoms with Crippen LogP contribution in [0.15, 0.2) is 32.4 Å². The average Bonchev–Trinajstić information content (AvgIpc) is 3.15. The average molecular weight is 300 g/mol. The summed E-state index contributed by atoms with van der Waals surface area (Å²) in [6, 6.07) is 3.63. The minimum atomic E-state index is -0.108. The van der Waals surface area contributed by atoms with Crippen molar-refractivity contribution < 1.29 is 0 Å². The molecule has 2 rings (SSSR count). The summed E-state index contributed by atoms with van der Waals surface area (Å²) in [5.74, 6) is 0. The highest BCUT2D eigenvalue weighted by atomic mass is 32.1. The first-order valence-corrected chi connectivity index (χ1v) is 6.74. The highest BCUT2D eigenvalue weighted by Crippen LogP contribution is 2.08. The third kappa shape index (κ3) is 3.58. The van der Waals surface area contributed by atoms with Gasteiger partial charge in [-0.1, -0.05) is 22.7 Å². The molecule has 2 heterocycles. The predicted octanol–water partition coefficient (Wildman–Crippen LogP) is 1.19. The van der Waals surface area contributed by atoms with E-state index < -0.39 is 0 Å². The van der Waals surface area contributed by atoms with Gasteiger partial charge in [-0.15, -0.1) is 20.4 Å². The summed E-state index contributed by atoms with van der Waals surface area (Å²) in [4.78, 5) is 7.78. The van der Waals surface area contributed by atoms with Crippen LogP contribution >= 0.6 is 22.7 Å². The third-order valence-electron chi connectivity index (χ3n) is 1.80. The highest BCUT2D eigenvalue weighted by molar-refractivity contribution is 7.11. The van der Waals surface area contributed by atoms with E-state index in [1.807, 2.05) is 12.1 Å². The molecule has 0 unspecified atom stereocenters. The van der Waals surface area contributed by atoms with Crippen molar-refractivity contribution in [2.75, 3.05) is 0 Å². The Morgan fingerprint density at radius 3 is 1.70 bits per heavy atom. The van der Waals surface area contributed by atoms with Crippen LogP contribution in [0.4, 0.5) is 0 Å². The fourth-order valence-corrected chi connectivity index (χ4v) is 1.82. The second-order valence-electron chi connectivity index (χ2n) is 2.99. The fourth-order valence-electron chi connectivity index (χ4n) is 1.00. The molecule has 0 saturated carbocycles. The Labute approximate surface area is 121 Å². The van der Waals surface area contributed by atoms with Crippen molar-refractivity contribution >= 4 is 35.1 Å². The Balaban J connectivity index is 2.25. The number of hydrogen-bond donors (Lipinski definition) is 0. The van der Waals surface area contributed by atoms with E-state index in [9.17, 15) is 0 Å². The third-order valence-corrected chi connectivity index (χ3v) is 3.05. The normalized spacial score (nSPS) is 12.3. The van der Waals surface area contributed by atoms with Crippen molar-refractivity contribution in [2.24, 2.45) is 9.98 Å². The maximum atomic E-state index is 9.01. The molecule has 2 aromatic heterocycles. The summed E-state index contributed by atoms with van der Waals surface area (Å²) < 4.78 is 0. The van der Waals surface area contributed by atoms with Crippen molar-refractivity contribution in [2.45, 2.75) is 0 Å². The second-order valence-corrected chi connectivity index (χ2v) is 4.72. The Hall–Kier alpha value is -2.82. The van der Waals surface area contributed by atoms with Crippen molar-refractivity contribution in [3.8, 4) is 12.1 Å². The van der Waals surface area contributed by atoms with Gasteiger partial charge in [-0.2, -0.15) is 10.5 Å². The largest absolute Gasteiger partial charge is 0.239 e. The topological polar surface area (TPSA) is 124 Å².